The fraction of sp³-hybridized carbons (Fsp3) is 0.211. The van der Waals surface area contributed by atoms with Gasteiger partial charge < -0.3 is 14.2 Å². The van der Waals surface area contributed by atoms with Crippen LogP contribution in [0.2, 0.25) is 0 Å². The number of carbonyl (C=O) groups excluding carboxylic acids is 1. The number of para-hydroxylation sites is 1. The topological polar surface area (TPSA) is 44.8 Å². The molecule has 4 heteroatoms. The number of esters is 1. The van der Waals surface area contributed by atoms with Gasteiger partial charge in [-0.05, 0) is 24.6 Å². The van der Waals surface area contributed by atoms with Crippen molar-refractivity contribution in [3.63, 3.8) is 0 Å². The number of benzene rings is 2. The van der Waals surface area contributed by atoms with Crippen LogP contribution in [0.3, 0.4) is 0 Å². The molecule has 0 aliphatic rings. The van der Waals surface area contributed by atoms with Crippen molar-refractivity contribution in [3.05, 3.63) is 65.9 Å². The van der Waals surface area contributed by atoms with E-state index in [0.717, 1.165) is 11.1 Å². The molecule has 0 bridgehead atoms. The molecule has 1 unspecified atom stereocenters. The Morgan fingerprint density at radius 3 is 2.39 bits per heavy atom. The third-order valence-corrected chi connectivity index (χ3v) is 3.50. The summed E-state index contributed by atoms with van der Waals surface area (Å²) in [6, 6.07) is 15.1. The van der Waals surface area contributed by atoms with Crippen LogP contribution in [0.5, 0.6) is 11.5 Å². The van der Waals surface area contributed by atoms with Crippen LogP contribution < -0.4 is 9.47 Å². The quantitative estimate of drug-likeness (QED) is 0.597. The van der Waals surface area contributed by atoms with Gasteiger partial charge >= 0.3 is 5.97 Å². The van der Waals surface area contributed by atoms with Gasteiger partial charge in [0, 0.05) is 5.56 Å². The van der Waals surface area contributed by atoms with Gasteiger partial charge in [-0.3, -0.25) is 4.79 Å². The van der Waals surface area contributed by atoms with Crippen LogP contribution in [0, 0.1) is 0 Å². The second-order valence-electron chi connectivity index (χ2n) is 4.95. The van der Waals surface area contributed by atoms with E-state index in [2.05, 4.69) is 0 Å². The predicted molar refractivity (Wildman–Crippen MR) is 89.5 cm³/mol. The Morgan fingerprint density at radius 2 is 1.74 bits per heavy atom. The number of ether oxygens (including phenoxy) is 3. The Kier molecular flexibility index (Phi) is 5.80. The van der Waals surface area contributed by atoms with Crippen LogP contribution >= 0.6 is 0 Å². The lowest BCUT2D eigenvalue weighted by Gasteiger charge is -2.16. The van der Waals surface area contributed by atoms with Crippen LogP contribution in [-0.4, -0.2) is 20.2 Å². The van der Waals surface area contributed by atoms with Gasteiger partial charge in [0.25, 0.3) is 0 Å². The lowest BCUT2D eigenvalue weighted by atomic mass is 10.00. The third-order valence-electron chi connectivity index (χ3n) is 3.50. The lowest BCUT2D eigenvalue weighted by molar-refractivity contribution is -0.139. The zero-order valence-electron chi connectivity index (χ0n) is 13.5. The molecule has 0 heterocycles. The van der Waals surface area contributed by atoms with E-state index < -0.39 is 5.92 Å². The molecule has 0 aliphatic heterocycles. The fourth-order valence-electron chi connectivity index (χ4n) is 2.23. The average molecular weight is 312 g/mol. The molecule has 4 nitrogen and oxygen atoms in total. The van der Waals surface area contributed by atoms with Crippen molar-refractivity contribution in [3.8, 4) is 11.5 Å². The molecule has 0 amide bonds. The van der Waals surface area contributed by atoms with E-state index in [0.29, 0.717) is 11.5 Å². The van der Waals surface area contributed by atoms with E-state index in [1.807, 2.05) is 42.5 Å². The molecule has 2 aromatic carbocycles. The van der Waals surface area contributed by atoms with Gasteiger partial charge in [-0.15, -0.1) is 0 Å². The molecule has 120 valence electrons. The first-order valence-electron chi connectivity index (χ1n) is 7.30. The first-order chi connectivity index (χ1) is 11.2. The van der Waals surface area contributed by atoms with Crippen molar-refractivity contribution < 1.29 is 19.0 Å². The summed E-state index contributed by atoms with van der Waals surface area (Å²) < 4.78 is 15.8. The minimum absolute atomic E-state index is 0.358. The SMILES string of the molecule is COc1cccc(C(C)C(=O)OC=Cc2ccccc2)c1OC. The molecule has 0 saturated heterocycles. The largest absolute Gasteiger partial charge is 0.493 e. The molecule has 0 aromatic heterocycles. The standard InChI is InChI=1S/C19H20O4/c1-14(16-10-7-11-17(21-2)18(16)22-3)19(20)23-13-12-15-8-5-4-6-9-15/h4-14H,1-3H3. The third kappa shape index (κ3) is 4.13. The minimum Gasteiger partial charge on any atom is -0.493 e. The van der Waals surface area contributed by atoms with Crippen LogP contribution in [0.1, 0.15) is 24.0 Å². The van der Waals surface area contributed by atoms with Gasteiger partial charge in [0.15, 0.2) is 11.5 Å². The number of rotatable bonds is 6. The summed E-state index contributed by atoms with van der Waals surface area (Å²) in [4.78, 5) is 12.2. The van der Waals surface area contributed by atoms with E-state index >= 15 is 0 Å². The number of hydrogen-bond acceptors (Lipinski definition) is 4. The van der Waals surface area contributed by atoms with Gasteiger partial charge in [-0.1, -0.05) is 42.5 Å². The van der Waals surface area contributed by atoms with Crippen LogP contribution in [-0.2, 0) is 9.53 Å². The maximum atomic E-state index is 12.2. The maximum Gasteiger partial charge on any atom is 0.318 e. The summed E-state index contributed by atoms with van der Waals surface area (Å²) >= 11 is 0. The molecule has 2 aromatic rings. The summed E-state index contributed by atoms with van der Waals surface area (Å²) in [7, 11) is 3.11. The van der Waals surface area contributed by atoms with Gasteiger partial charge in [0.1, 0.15) is 0 Å². The van der Waals surface area contributed by atoms with E-state index in [1.165, 1.54) is 6.26 Å². The number of hydrogen-bond donors (Lipinski definition) is 0. The summed E-state index contributed by atoms with van der Waals surface area (Å²) in [5.41, 5.74) is 1.69. The van der Waals surface area contributed by atoms with Crippen molar-refractivity contribution in [1.29, 1.82) is 0 Å². The second kappa shape index (κ2) is 8.03. The zero-order chi connectivity index (χ0) is 16.7. The Bertz CT molecular complexity index is 677. The molecule has 0 spiro atoms. The lowest BCUT2D eigenvalue weighted by Crippen LogP contribution is -2.12. The molecule has 2 rings (SSSR count). The highest BCUT2D eigenvalue weighted by Crippen LogP contribution is 2.35. The molecule has 0 saturated carbocycles. The fourth-order valence-corrected chi connectivity index (χ4v) is 2.23. The van der Waals surface area contributed by atoms with Gasteiger partial charge in [0.05, 0.1) is 26.4 Å². The summed E-state index contributed by atoms with van der Waals surface area (Å²) in [6.07, 6.45) is 3.15. The predicted octanol–water partition coefficient (Wildman–Crippen LogP) is 4.02. The zero-order valence-corrected chi connectivity index (χ0v) is 13.5. The Labute approximate surface area is 136 Å². The molecule has 1 atom stereocenters. The van der Waals surface area contributed by atoms with Crippen LogP contribution in [0.15, 0.2) is 54.8 Å². The highest BCUT2D eigenvalue weighted by Gasteiger charge is 2.22. The molecule has 23 heavy (non-hydrogen) atoms. The number of methoxy groups -OCH3 is 2. The molecule has 0 N–H and O–H groups in total. The first kappa shape index (κ1) is 16.6. The van der Waals surface area contributed by atoms with E-state index in [-0.39, 0.29) is 5.97 Å². The summed E-state index contributed by atoms with van der Waals surface area (Å²) in [5.74, 6) is 0.306. The molecule has 0 fully saturated rings. The van der Waals surface area contributed by atoms with Crippen LogP contribution in [0.25, 0.3) is 6.08 Å². The van der Waals surface area contributed by atoms with E-state index in [1.54, 1.807) is 33.3 Å². The second-order valence-corrected chi connectivity index (χ2v) is 4.95. The smallest absolute Gasteiger partial charge is 0.318 e. The number of carbonyl (C=O) groups is 1. The van der Waals surface area contributed by atoms with E-state index in [4.69, 9.17) is 14.2 Å². The first-order valence-corrected chi connectivity index (χ1v) is 7.30. The van der Waals surface area contributed by atoms with Gasteiger partial charge in [-0.25, -0.2) is 0 Å². The van der Waals surface area contributed by atoms with Crippen molar-refractivity contribution in [2.45, 2.75) is 12.8 Å². The monoisotopic (exact) mass is 312 g/mol. The molecular formula is C19H20O4. The Hall–Kier alpha value is -2.75. The minimum atomic E-state index is -0.472. The molecular weight excluding hydrogens is 292 g/mol. The molecule has 0 radical (unpaired) electrons. The van der Waals surface area contributed by atoms with Gasteiger partial charge in [0.2, 0.25) is 0 Å². The summed E-state index contributed by atoms with van der Waals surface area (Å²) in [5, 5.41) is 0. The van der Waals surface area contributed by atoms with Crippen molar-refractivity contribution >= 4 is 12.0 Å². The van der Waals surface area contributed by atoms with Crippen molar-refractivity contribution in [2.75, 3.05) is 14.2 Å². The van der Waals surface area contributed by atoms with E-state index in [9.17, 15) is 4.79 Å². The van der Waals surface area contributed by atoms with Crippen LogP contribution in [0.4, 0.5) is 0 Å². The van der Waals surface area contributed by atoms with Crippen molar-refractivity contribution in [2.24, 2.45) is 0 Å². The Morgan fingerprint density at radius 1 is 1.00 bits per heavy atom. The van der Waals surface area contributed by atoms with Crippen molar-refractivity contribution in [1.82, 2.24) is 0 Å². The Balaban J connectivity index is 2.09. The maximum absolute atomic E-state index is 12.2. The highest BCUT2D eigenvalue weighted by atomic mass is 16.5. The molecule has 0 aliphatic carbocycles. The summed E-state index contributed by atoms with van der Waals surface area (Å²) in [6.45, 7) is 1.77. The normalized spacial score (nSPS) is 12.0. The van der Waals surface area contributed by atoms with Gasteiger partial charge in [-0.2, -0.15) is 0 Å². The average Bonchev–Trinajstić information content (AvgIpc) is 2.61. The highest BCUT2D eigenvalue weighted by molar-refractivity contribution is 5.80.